The van der Waals surface area contributed by atoms with Gasteiger partial charge in [-0.25, -0.2) is 0 Å². The van der Waals surface area contributed by atoms with Crippen molar-refractivity contribution < 1.29 is 8.42 Å². The second-order valence-corrected chi connectivity index (χ2v) is 10.1. The molecule has 2 rings (SSSR count). The summed E-state index contributed by atoms with van der Waals surface area (Å²) in [6.07, 6.45) is 4.85. The minimum atomic E-state index is -3.45. The Bertz CT molecular complexity index is 682. The van der Waals surface area contributed by atoms with Crippen LogP contribution >= 0.6 is 0 Å². The zero-order valence-corrected chi connectivity index (χ0v) is 16.5. The van der Waals surface area contributed by atoms with Crippen LogP contribution in [0.4, 0.5) is 0 Å². The number of hydrogen-bond acceptors (Lipinski definition) is 2. The van der Waals surface area contributed by atoms with E-state index >= 15 is 0 Å². The highest BCUT2D eigenvalue weighted by molar-refractivity contribution is 7.87. The maximum Gasteiger partial charge on any atom is 0.283 e. The highest BCUT2D eigenvalue weighted by atomic mass is 32.2. The van der Waals surface area contributed by atoms with Crippen LogP contribution in [0.25, 0.3) is 6.08 Å². The SMILES string of the molecule is CC(C)(C)N1CC(C/C=C/c2ccccc2)N(C(C)(C)C)S1(=O)=O. The molecule has 24 heavy (non-hydrogen) atoms. The third-order valence-electron chi connectivity index (χ3n) is 4.16. The first-order valence-electron chi connectivity index (χ1n) is 8.48. The molecular weight excluding hydrogens is 320 g/mol. The van der Waals surface area contributed by atoms with E-state index in [0.717, 1.165) is 5.56 Å². The third-order valence-corrected chi connectivity index (χ3v) is 6.76. The lowest BCUT2D eigenvalue weighted by atomic mass is 10.0. The van der Waals surface area contributed by atoms with Crippen LogP contribution in [0.1, 0.15) is 53.5 Å². The van der Waals surface area contributed by atoms with E-state index in [9.17, 15) is 8.42 Å². The van der Waals surface area contributed by atoms with E-state index in [1.165, 1.54) is 0 Å². The summed E-state index contributed by atoms with van der Waals surface area (Å²) in [6, 6.07) is 10.0. The van der Waals surface area contributed by atoms with Crippen LogP contribution in [-0.2, 0) is 10.2 Å². The highest BCUT2D eigenvalue weighted by Gasteiger charge is 2.51. The standard InChI is InChI=1S/C19H30N2O2S/c1-18(2,3)20-15-17(21(19(4,5)6)24(20,22)23)14-10-13-16-11-8-7-9-12-16/h7-13,17H,14-15H2,1-6H3/b13-10+. The average Bonchev–Trinajstić information content (AvgIpc) is 2.70. The van der Waals surface area contributed by atoms with Gasteiger partial charge in [0.25, 0.3) is 10.2 Å². The van der Waals surface area contributed by atoms with Crippen molar-refractivity contribution in [2.24, 2.45) is 0 Å². The number of nitrogens with zero attached hydrogens (tertiary/aromatic N) is 2. The van der Waals surface area contributed by atoms with Gasteiger partial charge >= 0.3 is 0 Å². The van der Waals surface area contributed by atoms with Crippen LogP contribution in [-0.4, -0.2) is 40.7 Å². The summed E-state index contributed by atoms with van der Waals surface area (Å²) < 4.78 is 29.4. The van der Waals surface area contributed by atoms with Gasteiger partial charge in [0.15, 0.2) is 0 Å². The van der Waals surface area contributed by atoms with Gasteiger partial charge in [-0.3, -0.25) is 0 Å². The Kier molecular flexibility index (Phi) is 5.28. The van der Waals surface area contributed by atoms with E-state index < -0.39 is 21.3 Å². The van der Waals surface area contributed by atoms with Gasteiger partial charge in [-0.05, 0) is 53.5 Å². The van der Waals surface area contributed by atoms with E-state index in [1.807, 2.05) is 71.9 Å². The molecule has 0 saturated carbocycles. The molecule has 0 radical (unpaired) electrons. The molecule has 1 heterocycles. The maximum absolute atomic E-state index is 13.1. The van der Waals surface area contributed by atoms with Crippen LogP contribution < -0.4 is 0 Å². The fraction of sp³-hybridized carbons (Fsp3) is 0.579. The number of rotatable bonds is 3. The van der Waals surface area contributed by atoms with Crippen molar-refractivity contribution >= 4 is 16.3 Å². The van der Waals surface area contributed by atoms with Crippen molar-refractivity contribution in [1.82, 2.24) is 8.61 Å². The molecule has 1 aromatic rings. The molecule has 1 saturated heterocycles. The van der Waals surface area contributed by atoms with E-state index in [4.69, 9.17) is 0 Å². The Morgan fingerprint density at radius 3 is 2.12 bits per heavy atom. The van der Waals surface area contributed by atoms with E-state index in [1.54, 1.807) is 8.61 Å². The smallest absolute Gasteiger partial charge is 0.195 e. The predicted octanol–water partition coefficient (Wildman–Crippen LogP) is 3.92. The first-order chi connectivity index (χ1) is 10.9. The molecule has 4 nitrogen and oxygen atoms in total. The van der Waals surface area contributed by atoms with Gasteiger partial charge in [-0.2, -0.15) is 17.0 Å². The highest BCUT2D eigenvalue weighted by Crippen LogP contribution is 2.36. The lowest BCUT2D eigenvalue weighted by Gasteiger charge is -2.36. The van der Waals surface area contributed by atoms with Gasteiger partial charge in [0, 0.05) is 23.7 Å². The molecular formula is C19H30N2O2S. The molecule has 1 fully saturated rings. The van der Waals surface area contributed by atoms with Crippen molar-refractivity contribution in [2.45, 2.75) is 65.1 Å². The van der Waals surface area contributed by atoms with Crippen molar-refractivity contribution in [2.75, 3.05) is 6.54 Å². The van der Waals surface area contributed by atoms with E-state index in [2.05, 4.69) is 12.2 Å². The average molecular weight is 351 g/mol. The van der Waals surface area contributed by atoms with Crippen LogP contribution in [0.15, 0.2) is 36.4 Å². The predicted molar refractivity (Wildman–Crippen MR) is 101 cm³/mol. The van der Waals surface area contributed by atoms with Crippen molar-refractivity contribution in [1.29, 1.82) is 0 Å². The van der Waals surface area contributed by atoms with Crippen LogP contribution in [0, 0.1) is 0 Å². The Morgan fingerprint density at radius 2 is 1.62 bits per heavy atom. The summed E-state index contributed by atoms with van der Waals surface area (Å²) >= 11 is 0. The Hall–Kier alpha value is -1.17. The molecule has 5 heteroatoms. The molecule has 0 amide bonds. The van der Waals surface area contributed by atoms with Crippen molar-refractivity contribution in [3.05, 3.63) is 42.0 Å². The Morgan fingerprint density at radius 1 is 1.04 bits per heavy atom. The normalized spacial score (nSPS) is 23.2. The molecule has 0 spiro atoms. The summed E-state index contributed by atoms with van der Waals surface area (Å²) in [5.41, 5.74) is 0.276. The van der Waals surface area contributed by atoms with Crippen molar-refractivity contribution in [3.63, 3.8) is 0 Å². The molecule has 0 aliphatic carbocycles. The monoisotopic (exact) mass is 350 g/mol. The van der Waals surface area contributed by atoms with E-state index in [0.29, 0.717) is 13.0 Å². The summed E-state index contributed by atoms with van der Waals surface area (Å²) in [5.74, 6) is 0. The summed E-state index contributed by atoms with van der Waals surface area (Å²) in [7, 11) is -3.45. The van der Waals surface area contributed by atoms with Gasteiger partial charge < -0.3 is 0 Å². The van der Waals surface area contributed by atoms with Gasteiger partial charge in [0.2, 0.25) is 0 Å². The zero-order valence-electron chi connectivity index (χ0n) is 15.7. The third kappa shape index (κ3) is 4.08. The minimum Gasteiger partial charge on any atom is -0.195 e. The molecule has 0 bridgehead atoms. The second-order valence-electron chi connectivity index (χ2n) is 8.38. The van der Waals surface area contributed by atoms with Crippen molar-refractivity contribution in [3.8, 4) is 0 Å². The fourth-order valence-corrected chi connectivity index (χ4v) is 5.75. The minimum absolute atomic E-state index is 0.0470. The maximum atomic E-state index is 13.1. The summed E-state index contributed by atoms with van der Waals surface area (Å²) in [6.45, 7) is 12.3. The van der Waals surface area contributed by atoms with Gasteiger partial charge in [-0.1, -0.05) is 42.5 Å². The first kappa shape index (κ1) is 19.2. The molecule has 1 unspecified atom stereocenters. The summed E-state index contributed by atoms with van der Waals surface area (Å²) in [4.78, 5) is 0. The Balaban J connectivity index is 2.26. The van der Waals surface area contributed by atoms with Gasteiger partial charge in [0.1, 0.15) is 0 Å². The fourth-order valence-electron chi connectivity index (χ4n) is 3.26. The van der Waals surface area contributed by atoms with Gasteiger partial charge in [0.05, 0.1) is 0 Å². The lowest BCUT2D eigenvalue weighted by molar-refractivity contribution is 0.205. The molecule has 134 valence electrons. The Labute approximate surface area is 147 Å². The molecule has 0 N–H and O–H groups in total. The molecule has 1 aromatic carbocycles. The molecule has 1 aliphatic heterocycles. The largest absolute Gasteiger partial charge is 0.283 e. The zero-order chi connectivity index (χ0) is 18.2. The summed E-state index contributed by atoms with van der Waals surface area (Å²) in [5, 5.41) is 0. The molecule has 1 aliphatic rings. The van der Waals surface area contributed by atoms with Crippen LogP contribution in [0.5, 0.6) is 0 Å². The van der Waals surface area contributed by atoms with Gasteiger partial charge in [-0.15, -0.1) is 0 Å². The molecule has 1 atom stereocenters. The number of hydrogen-bond donors (Lipinski definition) is 0. The second kappa shape index (κ2) is 6.62. The van der Waals surface area contributed by atoms with Crippen LogP contribution in [0.2, 0.25) is 0 Å². The topological polar surface area (TPSA) is 40.6 Å². The lowest BCUT2D eigenvalue weighted by Crippen LogP contribution is -2.50. The number of benzene rings is 1. The molecule has 0 aromatic heterocycles. The first-order valence-corrected chi connectivity index (χ1v) is 9.87. The van der Waals surface area contributed by atoms with E-state index in [-0.39, 0.29) is 6.04 Å². The van der Waals surface area contributed by atoms with Crippen LogP contribution in [0.3, 0.4) is 0 Å². The quantitative estimate of drug-likeness (QED) is 0.829.